The molecular weight excluding hydrogens is 363 g/mol. The minimum atomic E-state index is -2.02. The zero-order valence-electron chi connectivity index (χ0n) is 16.2. The van der Waals surface area contributed by atoms with Crippen molar-refractivity contribution in [1.82, 2.24) is 0 Å². The number of halogens is 1. The van der Waals surface area contributed by atoms with Crippen molar-refractivity contribution in [2.45, 2.75) is 56.9 Å². The molecular formula is C22H27FO5. The summed E-state index contributed by atoms with van der Waals surface area (Å²) in [4.78, 5) is 24.4. The fourth-order valence-corrected chi connectivity index (χ4v) is 6.61. The molecule has 152 valence electrons. The second-order valence-corrected chi connectivity index (χ2v) is 9.39. The lowest BCUT2D eigenvalue weighted by atomic mass is 9.45. The Labute approximate surface area is 163 Å². The summed E-state index contributed by atoms with van der Waals surface area (Å²) in [6, 6.07) is 0. The molecule has 2 saturated carbocycles. The smallest absolute Gasteiger partial charge is 0.194 e. The number of rotatable bonds is 2. The van der Waals surface area contributed by atoms with Gasteiger partial charge in [0.1, 0.15) is 6.61 Å². The molecule has 0 aliphatic heterocycles. The van der Waals surface area contributed by atoms with Gasteiger partial charge >= 0.3 is 0 Å². The van der Waals surface area contributed by atoms with Crippen LogP contribution in [0.1, 0.15) is 39.5 Å². The fraction of sp³-hybridized carbons (Fsp3) is 0.636. The van der Waals surface area contributed by atoms with Crippen molar-refractivity contribution < 1.29 is 29.3 Å². The van der Waals surface area contributed by atoms with Gasteiger partial charge in [-0.15, -0.1) is 0 Å². The molecule has 7 atom stereocenters. The lowest BCUT2D eigenvalue weighted by Crippen LogP contribution is -2.68. The molecule has 0 bridgehead atoms. The largest absolute Gasteiger partial charge is 0.390 e. The zero-order chi connectivity index (χ0) is 20.7. The average molecular weight is 390 g/mol. The Balaban J connectivity index is 1.88. The topological polar surface area (TPSA) is 94.8 Å². The minimum Gasteiger partial charge on any atom is -0.390 e. The minimum absolute atomic E-state index is 0.0496. The number of carbonyl (C=O) groups excluding carboxylic acids is 2. The summed E-state index contributed by atoms with van der Waals surface area (Å²) >= 11 is 0. The predicted octanol–water partition coefficient (Wildman–Crippen LogP) is 1.82. The van der Waals surface area contributed by atoms with Crippen molar-refractivity contribution in [1.29, 1.82) is 0 Å². The predicted molar refractivity (Wildman–Crippen MR) is 99.9 cm³/mol. The van der Waals surface area contributed by atoms with Gasteiger partial charge < -0.3 is 15.3 Å². The Morgan fingerprint density at radius 3 is 2.71 bits per heavy atom. The first-order chi connectivity index (χ1) is 13.0. The molecule has 0 aromatic carbocycles. The van der Waals surface area contributed by atoms with Gasteiger partial charge in [0.15, 0.2) is 22.8 Å². The van der Waals surface area contributed by atoms with Gasteiger partial charge in [-0.3, -0.25) is 9.59 Å². The number of aliphatic hydroxyl groups excluding tert-OH is 2. The van der Waals surface area contributed by atoms with Crippen LogP contribution in [-0.2, 0) is 9.59 Å². The monoisotopic (exact) mass is 390 g/mol. The average Bonchev–Trinajstić information content (AvgIpc) is 2.84. The first kappa shape index (κ1) is 19.7. The lowest BCUT2D eigenvalue weighted by molar-refractivity contribution is -0.207. The maximum atomic E-state index is 16.8. The van der Waals surface area contributed by atoms with Crippen molar-refractivity contribution in [2.75, 3.05) is 6.61 Å². The molecule has 1 unspecified atom stereocenters. The number of allylic oxidation sites excluding steroid dienone is 4. The van der Waals surface area contributed by atoms with E-state index in [2.05, 4.69) is 6.58 Å². The quantitative estimate of drug-likeness (QED) is 0.625. The van der Waals surface area contributed by atoms with E-state index in [0.29, 0.717) is 12.0 Å². The van der Waals surface area contributed by atoms with Crippen LogP contribution in [0.5, 0.6) is 0 Å². The number of ketones is 2. The number of hydrogen-bond donors (Lipinski definition) is 3. The Kier molecular flexibility index (Phi) is 4.01. The van der Waals surface area contributed by atoms with E-state index in [1.54, 1.807) is 26.0 Å². The van der Waals surface area contributed by atoms with Crippen LogP contribution in [0.15, 0.2) is 36.0 Å². The highest BCUT2D eigenvalue weighted by molar-refractivity contribution is 5.93. The van der Waals surface area contributed by atoms with E-state index in [0.717, 1.165) is 0 Å². The molecule has 28 heavy (non-hydrogen) atoms. The molecule has 0 aromatic rings. The molecule has 2 fully saturated rings. The maximum Gasteiger partial charge on any atom is 0.194 e. The van der Waals surface area contributed by atoms with Crippen molar-refractivity contribution in [3.05, 3.63) is 36.0 Å². The van der Waals surface area contributed by atoms with E-state index in [4.69, 9.17) is 0 Å². The van der Waals surface area contributed by atoms with Crippen molar-refractivity contribution >= 4 is 11.6 Å². The SMILES string of the molecule is C=C1C[C@H]2[C@@H]3C=CC4=CC(=O)CC[C@]4(C)[C@@]3(F)C(O)C[C@]2(C)[C@@]1(O)C(=O)CO. The molecule has 5 nitrogen and oxygen atoms in total. The second kappa shape index (κ2) is 5.71. The van der Waals surface area contributed by atoms with E-state index in [9.17, 15) is 24.9 Å². The van der Waals surface area contributed by atoms with Gasteiger partial charge in [-0.1, -0.05) is 32.6 Å². The summed E-state index contributed by atoms with van der Waals surface area (Å²) in [5, 5.41) is 31.8. The highest BCUT2D eigenvalue weighted by Crippen LogP contribution is 2.69. The molecule has 4 aliphatic rings. The summed E-state index contributed by atoms with van der Waals surface area (Å²) in [6.07, 6.45) is 4.10. The van der Waals surface area contributed by atoms with Crippen molar-refractivity contribution in [2.24, 2.45) is 22.7 Å². The number of fused-ring (bicyclic) bond motifs is 5. The highest BCUT2D eigenvalue weighted by Gasteiger charge is 2.74. The van der Waals surface area contributed by atoms with Gasteiger partial charge in [0.25, 0.3) is 0 Å². The Bertz CT molecular complexity index is 846. The first-order valence-electron chi connectivity index (χ1n) is 9.82. The summed E-state index contributed by atoms with van der Waals surface area (Å²) in [5.41, 5.74) is -5.34. The Hall–Kier alpha value is -1.63. The van der Waals surface area contributed by atoms with E-state index in [1.807, 2.05) is 0 Å². The van der Waals surface area contributed by atoms with Crippen LogP contribution in [-0.4, -0.2) is 50.9 Å². The number of alkyl halides is 1. The van der Waals surface area contributed by atoms with Crippen LogP contribution in [0.25, 0.3) is 0 Å². The van der Waals surface area contributed by atoms with Gasteiger partial charge in [0.05, 0.1) is 6.10 Å². The number of hydrogen-bond acceptors (Lipinski definition) is 5. The molecule has 0 radical (unpaired) electrons. The third-order valence-corrected chi connectivity index (χ3v) is 8.34. The van der Waals surface area contributed by atoms with Crippen LogP contribution in [0.4, 0.5) is 4.39 Å². The van der Waals surface area contributed by atoms with Crippen LogP contribution < -0.4 is 0 Å². The normalized spacial score (nSPS) is 49.9. The van der Waals surface area contributed by atoms with Gasteiger partial charge in [-0.05, 0) is 42.4 Å². The molecule has 6 heteroatoms. The van der Waals surface area contributed by atoms with E-state index >= 15 is 4.39 Å². The van der Waals surface area contributed by atoms with Crippen LogP contribution in [0.3, 0.4) is 0 Å². The molecule has 4 rings (SSSR count). The molecule has 0 saturated heterocycles. The van der Waals surface area contributed by atoms with Crippen LogP contribution in [0, 0.1) is 22.7 Å². The van der Waals surface area contributed by atoms with Crippen molar-refractivity contribution in [3.63, 3.8) is 0 Å². The van der Waals surface area contributed by atoms with E-state index in [1.165, 1.54) is 6.08 Å². The second-order valence-electron chi connectivity index (χ2n) is 9.39. The summed E-state index contributed by atoms with van der Waals surface area (Å²) in [5.74, 6) is -2.02. The standard InChI is InChI=1S/C22H27FO5/c1-12-8-16-15-5-4-13-9-14(25)6-7-19(13,2)21(15,23)17(26)10-20(16,3)22(12,28)18(27)11-24/h4-5,9,15-17,24,26,28H,1,6-8,10-11H2,2-3H3/t15-,16-,17?,19-,20-,21-,22-/m0/s1. The van der Waals surface area contributed by atoms with Gasteiger partial charge in [-0.2, -0.15) is 0 Å². The van der Waals surface area contributed by atoms with E-state index < -0.39 is 52.4 Å². The van der Waals surface area contributed by atoms with Gasteiger partial charge in [0, 0.05) is 23.2 Å². The first-order valence-corrected chi connectivity index (χ1v) is 9.82. The summed E-state index contributed by atoms with van der Waals surface area (Å²) < 4.78 is 16.8. The maximum absolute atomic E-state index is 16.8. The van der Waals surface area contributed by atoms with E-state index in [-0.39, 0.29) is 30.6 Å². The molecule has 0 amide bonds. The zero-order valence-corrected chi connectivity index (χ0v) is 16.2. The Morgan fingerprint density at radius 1 is 1.39 bits per heavy atom. The number of aliphatic hydroxyl groups is 3. The fourth-order valence-electron chi connectivity index (χ4n) is 6.61. The van der Waals surface area contributed by atoms with Gasteiger partial charge in [0.2, 0.25) is 0 Å². The summed E-state index contributed by atoms with van der Waals surface area (Å²) in [6.45, 7) is 6.46. The molecule has 0 heterocycles. The highest BCUT2D eigenvalue weighted by atomic mass is 19.1. The third kappa shape index (κ3) is 1.96. The number of Topliss-reactive ketones (excluding diaryl/α,β-unsaturated/α-hetero) is 1. The molecule has 0 aromatic heterocycles. The lowest BCUT2D eigenvalue weighted by Gasteiger charge is -2.61. The Morgan fingerprint density at radius 2 is 2.07 bits per heavy atom. The summed E-state index contributed by atoms with van der Waals surface area (Å²) in [7, 11) is 0. The number of carbonyl (C=O) groups is 2. The molecule has 0 spiro atoms. The van der Waals surface area contributed by atoms with Crippen LogP contribution >= 0.6 is 0 Å². The molecule has 4 aliphatic carbocycles. The van der Waals surface area contributed by atoms with Gasteiger partial charge in [-0.25, -0.2) is 4.39 Å². The van der Waals surface area contributed by atoms with Crippen LogP contribution in [0.2, 0.25) is 0 Å². The third-order valence-electron chi connectivity index (χ3n) is 8.34. The van der Waals surface area contributed by atoms with Crippen molar-refractivity contribution in [3.8, 4) is 0 Å². The molecule has 3 N–H and O–H groups in total.